The number of carbonyl (C=O) groups is 2. The lowest BCUT2D eigenvalue weighted by Gasteiger charge is -2.31. The van der Waals surface area contributed by atoms with Crippen LogP contribution in [0, 0.1) is 0 Å². The molecule has 2 aromatic rings. The minimum atomic E-state index is -0.378. The number of fused-ring (bicyclic) bond motifs is 1. The highest BCUT2D eigenvalue weighted by Crippen LogP contribution is 2.47. The molecular formula is C22H24N2O2S. The molecule has 0 saturated carbocycles. The Morgan fingerprint density at radius 2 is 1.85 bits per heavy atom. The van der Waals surface area contributed by atoms with E-state index in [2.05, 4.69) is 24.4 Å². The van der Waals surface area contributed by atoms with Gasteiger partial charge in [0.15, 0.2) is 0 Å². The van der Waals surface area contributed by atoms with Crippen molar-refractivity contribution in [1.29, 1.82) is 0 Å². The van der Waals surface area contributed by atoms with Gasteiger partial charge in [-0.1, -0.05) is 60.7 Å². The Morgan fingerprint density at radius 3 is 2.56 bits per heavy atom. The molecule has 2 saturated heterocycles. The van der Waals surface area contributed by atoms with Gasteiger partial charge in [0.1, 0.15) is 6.04 Å². The van der Waals surface area contributed by atoms with E-state index in [9.17, 15) is 9.59 Å². The molecule has 2 amide bonds. The molecule has 0 spiro atoms. The zero-order valence-electron chi connectivity index (χ0n) is 15.4. The molecule has 4 nitrogen and oxygen atoms in total. The molecule has 2 aromatic carbocycles. The molecule has 5 heteroatoms. The molecule has 2 heterocycles. The van der Waals surface area contributed by atoms with Crippen LogP contribution in [0.15, 0.2) is 60.7 Å². The van der Waals surface area contributed by atoms with Crippen LogP contribution in [0.4, 0.5) is 0 Å². The summed E-state index contributed by atoms with van der Waals surface area (Å²) >= 11 is 1.73. The van der Waals surface area contributed by atoms with E-state index in [1.165, 1.54) is 5.56 Å². The highest BCUT2D eigenvalue weighted by atomic mass is 32.2. The van der Waals surface area contributed by atoms with E-state index < -0.39 is 0 Å². The van der Waals surface area contributed by atoms with Crippen LogP contribution in [-0.2, 0) is 16.0 Å². The fourth-order valence-electron chi connectivity index (χ4n) is 4.07. The molecule has 0 aliphatic carbocycles. The van der Waals surface area contributed by atoms with Crippen LogP contribution in [0.1, 0.15) is 36.9 Å². The van der Waals surface area contributed by atoms with Crippen LogP contribution in [0.2, 0.25) is 0 Å². The maximum absolute atomic E-state index is 13.1. The number of hydrogen-bond acceptors (Lipinski definition) is 3. The van der Waals surface area contributed by atoms with Crippen LogP contribution >= 0.6 is 11.8 Å². The molecule has 27 heavy (non-hydrogen) atoms. The van der Waals surface area contributed by atoms with Crippen molar-refractivity contribution in [3.05, 3.63) is 71.8 Å². The Hall–Kier alpha value is -2.27. The van der Waals surface area contributed by atoms with Gasteiger partial charge in [-0.05, 0) is 30.9 Å². The third-order valence-corrected chi connectivity index (χ3v) is 7.05. The highest BCUT2D eigenvalue weighted by Gasteiger charge is 2.53. The number of amides is 2. The molecule has 3 atom stereocenters. The topological polar surface area (TPSA) is 49.4 Å². The van der Waals surface area contributed by atoms with Crippen LogP contribution < -0.4 is 5.32 Å². The van der Waals surface area contributed by atoms with Gasteiger partial charge < -0.3 is 10.2 Å². The van der Waals surface area contributed by atoms with E-state index in [1.54, 1.807) is 11.8 Å². The van der Waals surface area contributed by atoms with Gasteiger partial charge in [-0.2, -0.15) is 0 Å². The summed E-state index contributed by atoms with van der Waals surface area (Å²) in [5.41, 5.74) is 2.26. The highest BCUT2D eigenvalue weighted by molar-refractivity contribution is 8.01. The Morgan fingerprint density at radius 1 is 1.19 bits per heavy atom. The Bertz CT molecular complexity index is 827. The van der Waals surface area contributed by atoms with Gasteiger partial charge in [0, 0.05) is 12.2 Å². The first-order valence-corrected chi connectivity index (χ1v) is 10.4. The summed E-state index contributed by atoms with van der Waals surface area (Å²) < 4.78 is 0. The summed E-state index contributed by atoms with van der Waals surface area (Å²) in [6, 6.07) is 19.7. The largest absolute Gasteiger partial charge is 0.347 e. The lowest BCUT2D eigenvalue weighted by molar-refractivity contribution is -0.138. The maximum Gasteiger partial charge on any atom is 0.244 e. The number of thioether (sulfide) groups is 1. The van der Waals surface area contributed by atoms with Gasteiger partial charge in [-0.3, -0.25) is 9.59 Å². The molecule has 2 fully saturated rings. The van der Waals surface area contributed by atoms with Crippen molar-refractivity contribution in [2.45, 2.75) is 43.1 Å². The summed E-state index contributed by atoms with van der Waals surface area (Å²) in [6.07, 6.45) is 2.09. The van der Waals surface area contributed by atoms with E-state index >= 15 is 0 Å². The summed E-state index contributed by atoms with van der Waals surface area (Å²) in [7, 11) is 0. The fraction of sp³-hybridized carbons (Fsp3) is 0.364. The van der Waals surface area contributed by atoms with Crippen LogP contribution in [0.3, 0.4) is 0 Å². The molecule has 0 aromatic heterocycles. The molecule has 4 rings (SSSR count). The van der Waals surface area contributed by atoms with Crippen molar-refractivity contribution < 1.29 is 9.59 Å². The van der Waals surface area contributed by atoms with Gasteiger partial charge in [0.25, 0.3) is 0 Å². The number of carbonyl (C=O) groups excluding carboxylic acids is 2. The van der Waals surface area contributed by atoms with Gasteiger partial charge >= 0.3 is 0 Å². The number of nitrogens with one attached hydrogen (secondary N) is 1. The third-order valence-electron chi connectivity index (χ3n) is 5.55. The van der Waals surface area contributed by atoms with Crippen molar-refractivity contribution in [2.24, 2.45) is 0 Å². The standard InChI is InChI=1S/C22H24N2O2S/c1-22-13-12-20(25)24(22)19(15-27-22)21(26)23-18(17-10-6-3-7-11-17)14-16-8-4-2-5-9-16/h2-11,18-19H,12-15H2,1H3,(H,23,26)/t18-,19-,22-/m0/s1. The van der Waals surface area contributed by atoms with Crippen molar-refractivity contribution in [3.63, 3.8) is 0 Å². The first kappa shape index (κ1) is 18.1. The molecule has 2 aliphatic rings. The number of nitrogens with zero attached hydrogens (tertiary/aromatic N) is 1. The SMILES string of the molecule is C[C@]12CCC(=O)N1[C@H](C(=O)N[C@@H](Cc1ccccc1)c1ccccc1)CS2. The minimum Gasteiger partial charge on any atom is -0.347 e. The summed E-state index contributed by atoms with van der Waals surface area (Å²) in [4.78, 5) is 27.1. The normalized spacial score (nSPS) is 25.3. The summed E-state index contributed by atoms with van der Waals surface area (Å²) in [6.45, 7) is 2.08. The van der Waals surface area contributed by atoms with Crippen LogP contribution in [0.25, 0.3) is 0 Å². The lowest BCUT2D eigenvalue weighted by Crippen LogP contribution is -2.50. The van der Waals surface area contributed by atoms with Gasteiger partial charge in [-0.25, -0.2) is 0 Å². The second-order valence-electron chi connectivity index (χ2n) is 7.43. The smallest absolute Gasteiger partial charge is 0.244 e. The van der Waals surface area contributed by atoms with E-state index in [0.717, 1.165) is 18.4 Å². The summed E-state index contributed by atoms with van der Waals surface area (Å²) in [5.74, 6) is 0.717. The van der Waals surface area contributed by atoms with E-state index in [1.807, 2.05) is 53.4 Å². The molecule has 2 aliphatic heterocycles. The third kappa shape index (κ3) is 3.61. The predicted octanol–water partition coefficient (Wildman–Crippen LogP) is 3.54. The lowest BCUT2D eigenvalue weighted by atomic mass is 9.98. The average molecular weight is 381 g/mol. The second kappa shape index (κ2) is 7.39. The van der Waals surface area contributed by atoms with Gasteiger partial charge in [0.2, 0.25) is 11.8 Å². The van der Waals surface area contributed by atoms with Gasteiger partial charge in [0.05, 0.1) is 10.9 Å². The molecule has 1 N–H and O–H groups in total. The monoisotopic (exact) mass is 380 g/mol. The molecule has 0 unspecified atom stereocenters. The zero-order chi connectivity index (χ0) is 18.9. The Balaban J connectivity index is 1.54. The Kier molecular flexibility index (Phi) is 4.96. The zero-order valence-corrected chi connectivity index (χ0v) is 16.2. The minimum absolute atomic E-state index is 0.0498. The first-order valence-electron chi connectivity index (χ1n) is 9.42. The quantitative estimate of drug-likeness (QED) is 0.863. The first-order chi connectivity index (χ1) is 13.1. The van der Waals surface area contributed by atoms with Gasteiger partial charge in [-0.15, -0.1) is 11.8 Å². The molecule has 0 radical (unpaired) electrons. The molecular weight excluding hydrogens is 356 g/mol. The van der Waals surface area contributed by atoms with Crippen molar-refractivity contribution in [2.75, 3.05) is 5.75 Å². The molecule has 140 valence electrons. The van der Waals surface area contributed by atoms with Crippen LogP contribution in [-0.4, -0.2) is 33.4 Å². The Labute approximate surface area is 164 Å². The summed E-state index contributed by atoms with van der Waals surface area (Å²) in [5, 5.41) is 3.23. The number of benzene rings is 2. The van der Waals surface area contributed by atoms with Crippen molar-refractivity contribution in [3.8, 4) is 0 Å². The second-order valence-corrected chi connectivity index (χ2v) is 8.93. The maximum atomic E-state index is 13.1. The van der Waals surface area contributed by atoms with E-state index in [4.69, 9.17) is 0 Å². The number of rotatable bonds is 5. The average Bonchev–Trinajstić information content (AvgIpc) is 3.19. The predicted molar refractivity (Wildman–Crippen MR) is 108 cm³/mol. The fourth-order valence-corrected chi connectivity index (χ4v) is 5.50. The van der Waals surface area contributed by atoms with E-state index in [-0.39, 0.29) is 28.8 Å². The van der Waals surface area contributed by atoms with E-state index in [0.29, 0.717) is 12.2 Å². The number of hydrogen-bond donors (Lipinski definition) is 1. The molecule has 0 bridgehead atoms. The van der Waals surface area contributed by atoms with Crippen LogP contribution in [0.5, 0.6) is 0 Å². The van der Waals surface area contributed by atoms with Crippen molar-refractivity contribution >= 4 is 23.6 Å². The van der Waals surface area contributed by atoms with Crippen molar-refractivity contribution in [1.82, 2.24) is 10.2 Å².